The average Bonchev–Trinajstić information content (AvgIpc) is 3.46. The molecule has 9 nitrogen and oxygen atoms in total. The third kappa shape index (κ3) is 3.57. The van der Waals surface area contributed by atoms with Crippen molar-refractivity contribution >= 4 is 17.0 Å². The van der Waals surface area contributed by atoms with Crippen LogP contribution in [0.15, 0.2) is 61.4 Å². The summed E-state index contributed by atoms with van der Waals surface area (Å²) >= 11 is 0. The van der Waals surface area contributed by atoms with Gasteiger partial charge in [-0.05, 0) is 50.6 Å². The zero-order valence-electron chi connectivity index (χ0n) is 18.9. The van der Waals surface area contributed by atoms with Crippen molar-refractivity contribution in [2.24, 2.45) is 0 Å². The number of nitrogens with zero attached hydrogens (tertiary/aromatic N) is 7. The Kier molecular flexibility index (Phi) is 4.81. The molecule has 0 radical (unpaired) electrons. The molecule has 0 aliphatic heterocycles. The van der Waals surface area contributed by atoms with E-state index < -0.39 is 0 Å². The number of rotatable bonds is 4. The predicted octanol–water partition coefficient (Wildman–Crippen LogP) is 4.09. The maximum absolute atomic E-state index is 5.67. The molecule has 3 aromatic heterocycles. The Morgan fingerprint density at radius 3 is 2.45 bits per heavy atom. The molecule has 0 aliphatic carbocycles. The van der Waals surface area contributed by atoms with Crippen LogP contribution in [0, 0.1) is 0 Å². The number of fused-ring (bicyclic) bond motifs is 1. The van der Waals surface area contributed by atoms with Gasteiger partial charge in [-0.25, -0.2) is 24.6 Å². The quantitative estimate of drug-likeness (QED) is 0.448. The van der Waals surface area contributed by atoms with E-state index >= 15 is 0 Å². The summed E-state index contributed by atoms with van der Waals surface area (Å²) in [6.07, 6.45) is 6.60. The molecule has 33 heavy (non-hydrogen) atoms. The molecule has 166 valence electrons. The number of ether oxygens (including phenoxy) is 1. The van der Waals surface area contributed by atoms with Crippen LogP contribution in [-0.2, 0) is 5.54 Å². The Bertz CT molecular complexity index is 1430. The summed E-state index contributed by atoms with van der Waals surface area (Å²) in [4.78, 5) is 17.4. The summed E-state index contributed by atoms with van der Waals surface area (Å²) < 4.78 is 9.61. The molecule has 0 saturated carbocycles. The van der Waals surface area contributed by atoms with Crippen LogP contribution in [0.3, 0.4) is 0 Å². The second-order valence-corrected chi connectivity index (χ2v) is 8.67. The van der Waals surface area contributed by atoms with Crippen LogP contribution in [0.25, 0.3) is 39.2 Å². The largest absolute Gasteiger partial charge is 0.494 e. The summed E-state index contributed by atoms with van der Waals surface area (Å²) in [5, 5.41) is 4.35. The van der Waals surface area contributed by atoms with E-state index in [1.165, 1.54) is 6.33 Å². The maximum Gasteiger partial charge on any atom is 0.219 e. The molecule has 2 N–H and O–H groups in total. The maximum atomic E-state index is 5.67. The van der Waals surface area contributed by atoms with E-state index in [0.717, 1.165) is 39.2 Å². The van der Waals surface area contributed by atoms with Crippen molar-refractivity contribution in [3.63, 3.8) is 0 Å². The molecule has 3 heterocycles. The molecule has 5 aromatic rings. The van der Waals surface area contributed by atoms with E-state index in [1.54, 1.807) is 30.5 Å². The lowest BCUT2D eigenvalue weighted by atomic mass is 10.0. The Labute approximate surface area is 190 Å². The molecule has 0 spiro atoms. The van der Waals surface area contributed by atoms with Gasteiger partial charge in [-0.2, -0.15) is 5.10 Å². The summed E-state index contributed by atoms with van der Waals surface area (Å²) in [5.74, 6) is 1.75. The summed E-state index contributed by atoms with van der Waals surface area (Å²) in [5.41, 5.74) is 10.8. The van der Waals surface area contributed by atoms with Gasteiger partial charge in [0.1, 0.15) is 29.9 Å². The number of nitrogens with two attached hydrogens (primary N) is 1. The predicted molar refractivity (Wildman–Crippen MR) is 127 cm³/mol. The van der Waals surface area contributed by atoms with Crippen LogP contribution < -0.4 is 10.5 Å². The monoisotopic (exact) mass is 440 g/mol. The highest BCUT2D eigenvalue weighted by molar-refractivity contribution is 5.87. The molecule has 0 aliphatic rings. The fraction of sp³-hybridized carbons (Fsp3) is 0.208. The van der Waals surface area contributed by atoms with Crippen molar-refractivity contribution in [2.75, 3.05) is 12.8 Å². The smallest absolute Gasteiger partial charge is 0.219 e. The summed E-state index contributed by atoms with van der Waals surface area (Å²) in [6.45, 7) is 6.48. The summed E-state index contributed by atoms with van der Waals surface area (Å²) in [6, 6.07) is 12.1. The molecule has 2 aromatic carbocycles. The number of methoxy groups -OCH3 is 1. The number of hydrogen-bond donors (Lipinski definition) is 1. The van der Waals surface area contributed by atoms with Crippen molar-refractivity contribution in [1.82, 2.24) is 34.3 Å². The Balaban J connectivity index is 1.78. The molecule has 5 rings (SSSR count). The van der Waals surface area contributed by atoms with Gasteiger partial charge in [-0.3, -0.25) is 0 Å². The third-order valence-corrected chi connectivity index (χ3v) is 5.44. The lowest BCUT2D eigenvalue weighted by Crippen LogP contribution is -2.23. The van der Waals surface area contributed by atoms with Gasteiger partial charge in [0, 0.05) is 29.1 Å². The molecule has 0 bridgehead atoms. The molecule has 0 atom stereocenters. The number of para-hydroxylation sites is 1. The second kappa shape index (κ2) is 7.70. The van der Waals surface area contributed by atoms with E-state index in [2.05, 4.69) is 57.5 Å². The van der Waals surface area contributed by atoms with Crippen molar-refractivity contribution in [2.45, 2.75) is 26.3 Å². The summed E-state index contributed by atoms with van der Waals surface area (Å²) in [7, 11) is 1.65. The van der Waals surface area contributed by atoms with Gasteiger partial charge in [-0.15, -0.1) is 0 Å². The Hall–Kier alpha value is -4.27. The molecule has 9 heteroatoms. The van der Waals surface area contributed by atoms with Crippen LogP contribution in [0.1, 0.15) is 20.8 Å². The first kappa shape index (κ1) is 20.6. The number of nitrogen functional groups attached to an aromatic ring is 1. The number of imidazole rings is 1. The van der Waals surface area contributed by atoms with E-state index in [-0.39, 0.29) is 11.5 Å². The minimum Gasteiger partial charge on any atom is -0.494 e. The fourth-order valence-corrected chi connectivity index (χ4v) is 4.03. The zero-order chi connectivity index (χ0) is 23.2. The first-order valence-corrected chi connectivity index (χ1v) is 10.5. The van der Waals surface area contributed by atoms with Crippen LogP contribution in [-0.4, -0.2) is 41.4 Å². The third-order valence-electron chi connectivity index (χ3n) is 5.44. The van der Waals surface area contributed by atoms with E-state index in [4.69, 9.17) is 15.5 Å². The van der Waals surface area contributed by atoms with Crippen molar-refractivity contribution in [3.05, 3.63) is 61.4 Å². The highest BCUT2D eigenvalue weighted by Crippen LogP contribution is 2.38. The van der Waals surface area contributed by atoms with Crippen molar-refractivity contribution in [1.29, 1.82) is 0 Å². The molecule has 0 fully saturated rings. The van der Waals surface area contributed by atoms with Crippen LogP contribution in [0.5, 0.6) is 5.75 Å². The topological polar surface area (TPSA) is 110 Å². The Morgan fingerprint density at radius 2 is 1.79 bits per heavy atom. The molecular formula is C24H24N8O. The Morgan fingerprint density at radius 1 is 1.00 bits per heavy atom. The minimum absolute atomic E-state index is 0.237. The second-order valence-electron chi connectivity index (χ2n) is 8.67. The van der Waals surface area contributed by atoms with Gasteiger partial charge in [0.25, 0.3) is 0 Å². The molecule has 0 amide bonds. The molecule has 0 saturated heterocycles. The lowest BCUT2D eigenvalue weighted by molar-refractivity contribution is 0.408. The van der Waals surface area contributed by atoms with Crippen molar-refractivity contribution in [3.8, 4) is 34.0 Å². The first-order valence-electron chi connectivity index (χ1n) is 10.5. The van der Waals surface area contributed by atoms with E-state index in [1.807, 2.05) is 24.3 Å². The van der Waals surface area contributed by atoms with Gasteiger partial charge < -0.3 is 15.0 Å². The van der Waals surface area contributed by atoms with Gasteiger partial charge in [0.2, 0.25) is 5.95 Å². The number of anilines is 1. The van der Waals surface area contributed by atoms with E-state index in [0.29, 0.717) is 5.75 Å². The van der Waals surface area contributed by atoms with Gasteiger partial charge in [0.05, 0.1) is 18.1 Å². The van der Waals surface area contributed by atoms with Crippen LogP contribution in [0.2, 0.25) is 0 Å². The highest BCUT2D eigenvalue weighted by Gasteiger charge is 2.26. The van der Waals surface area contributed by atoms with E-state index in [9.17, 15) is 0 Å². The van der Waals surface area contributed by atoms with Crippen molar-refractivity contribution < 1.29 is 4.74 Å². The van der Waals surface area contributed by atoms with Crippen LogP contribution >= 0.6 is 0 Å². The minimum atomic E-state index is -0.237. The number of aromatic nitrogens is 7. The normalized spacial score (nSPS) is 11.8. The fourth-order valence-electron chi connectivity index (χ4n) is 4.03. The molecular weight excluding hydrogens is 416 g/mol. The lowest BCUT2D eigenvalue weighted by Gasteiger charge is -2.25. The number of benzene rings is 2. The van der Waals surface area contributed by atoms with Gasteiger partial charge in [0.15, 0.2) is 0 Å². The van der Waals surface area contributed by atoms with Gasteiger partial charge in [-0.1, -0.05) is 12.1 Å². The van der Waals surface area contributed by atoms with Gasteiger partial charge >= 0.3 is 0 Å². The standard InChI is InChI=1S/C24H24N8O/c1-24(2,3)32-19-9-8-15(16-11-27-23(25)28-12-16)10-18(19)30-22(32)17-6-5-7-20(33-4)21(17)31-14-26-13-29-31/h5-14H,1-4H3,(H2,25,27,28). The number of hydrogen-bond acceptors (Lipinski definition) is 7. The van der Waals surface area contributed by atoms with Crippen LogP contribution in [0.4, 0.5) is 5.95 Å². The average molecular weight is 441 g/mol. The molecule has 0 unspecified atom stereocenters. The zero-order valence-corrected chi connectivity index (χ0v) is 18.9. The first-order chi connectivity index (χ1) is 15.9. The SMILES string of the molecule is COc1cccc(-c2nc3cc(-c4cnc(N)nc4)ccc3n2C(C)(C)C)c1-n1cncn1. The highest BCUT2D eigenvalue weighted by atomic mass is 16.5.